The summed E-state index contributed by atoms with van der Waals surface area (Å²) < 4.78 is 67.4. The van der Waals surface area contributed by atoms with E-state index in [1.54, 1.807) is 6.92 Å². The molecular weight excluding hydrogens is 1350 g/mol. The minimum Gasteiger partial charge on any atom is -0.456 e. The number of pyridine rings is 4. The van der Waals surface area contributed by atoms with Crippen molar-refractivity contribution in [3.8, 4) is 45.0 Å². The smallest absolute Gasteiger partial charge is 0.212 e. The molecule has 0 N–H and O–H groups in total. The molecule has 8 aromatic heterocycles. The molecule has 1 aliphatic carbocycles. The lowest BCUT2D eigenvalue weighted by atomic mass is 9.85. The summed E-state index contributed by atoms with van der Waals surface area (Å²) in [6, 6.07) is 86.9. The second kappa shape index (κ2) is 28.6. The summed E-state index contributed by atoms with van der Waals surface area (Å²) in [5.41, 5.74) is 23.8. The van der Waals surface area contributed by atoms with E-state index >= 15 is 0 Å². The third-order valence-corrected chi connectivity index (χ3v) is 22.8. The Hall–Kier alpha value is -12.5. The minimum absolute atomic E-state index is 0.0925. The van der Waals surface area contributed by atoms with Crippen molar-refractivity contribution in [3.05, 3.63) is 312 Å². The van der Waals surface area contributed by atoms with Crippen LogP contribution in [0.15, 0.2) is 291 Å². The predicted molar refractivity (Wildman–Crippen MR) is 455 cm³/mol. The molecule has 8 heteroatoms. The van der Waals surface area contributed by atoms with Gasteiger partial charge in [-0.05, 0) is 238 Å². The molecule has 0 saturated heterocycles. The number of benzene rings is 12. The van der Waals surface area contributed by atoms with Gasteiger partial charge in [0.2, 0.25) is 22.8 Å². The Balaban J connectivity index is 0.000000106. The summed E-state index contributed by atoms with van der Waals surface area (Å²) in [7, 11) is 8.21. The van der Waals surface area contributed by atoms with Crippen molar-refractivity contribution in [3.63, 3.8) is 0 Å². The summed E-state index contributed by atoms with van der Waals surface area (Å²) in [5.74, 6) is 0.0925. The molecule has 1 saturated carbocycles. The highest BCUT2D eigenvalue weighted by Crippen LogP contribution is 2.42. The van der Waals surface area contributed by atoms with Crippen LogP contribution in [0.1, 0.15) is 83.5 Å². The monoisotopic (exact) mass is 1440 g/mol. The van der Waals surface area contributed by atoms with Gasteiger partial charge in [0.05, 0.1) is 5.56 Å². The number of aromatic nitrogens is 4. The molecule has 110 heavy (non-hydrogen) atoms. The molecule has 0 radical (unpaired) electrons. The van der Waals surface area contributed by atoms with E-state index in [2.05, 4.69) is 299 Å². The third kappa shape index (κ3) is 13.1. The highest BCUT2D eigenvalue weighted by Gasteiger charge is 2.24. The topological polar surface area (TPSA) is 68.1 Å². The molecule has 8 heterocycles. The van der Waals surface area contributed by atoms with Crippen LogP contribution in [0.2, 0.25) is 0 Å². The zero-order chi connectivity index (χ0) is 78.6. The molecule has 0 bridgehead atoms. The first-order valence-corrected chi connectivity index (χ1v) is 38.4. The summed E-state index contributed by atoms with van der Waals surface area (Å²) in [4.78, 5) is 0. The molecular formula is C102H90N4O4+4. The second-order valence-electron chi connectivity index (χ2n) is 30.3. The van der Waals surface area contributed by atoms with Crippen molar-refractivity contribution < 1.29 is 41.4 Å². The van der Waals surface area contributed by atoms with Crippen LogP contribution in [-0.2, 0) is 40.9 Å². The number of hydrogen-bond acceptors (Lipinski definition) is 4. The van der Waals surface area contributed by atoms with Gasteiger partial charge in [-0.25, -0.2) is 18.3 Å². The fourth-order valence-electron chi connectivity index (χ4n) is 16.7. The highest BCUT2D eigenvalue weighted by molar-refractivity contribution is 6.15. The van der Waals surface area contributed by atoms with Gasteiger partial charge in [0.25, 0.3) is 0 Å². The van der Waals surface area contributed by atoms with Crippen molar-refractivity contribution in [2.24, 2.45) is 34.1 Å². The Bertz CT molecular complexity index is 7250. The molecule has 8 nitrogen and oxygen atoms in total. The Kier molecular flexibility index (Phi) is 16.8. The molecule has 0 atom stereocenters. The molecule has 1 fully saturated rings. The van der Waals surface area contributed by atoms with Crippen LogP contribution in [0, 0.1) is 40.5 Å². The summed E-state index contributed by atoms with van der Waals surface area (Å²) in [6.45, 7) is 12.2. The lowest BCUT2D eigenvalue weighted by Crippen LogP contribution is -2.31. The number of aryl methyl sites for hydroxylation is 10. The molecule has 1 aliphatic rings. The molecule has 538 valence electrons. The van der Waals surface area contributed by atoms with Crippen LogP contribution in [0.25, 0.3) is 176 Å². The van der Waals surface area contributed by atoms with Gasteiger partial charge in [0.15, 0.2) is 24.8 Å². The maximum absolute atomic E-state index is 8.96. The minimum atomic E-state index is -1.39. The Morgan fingerprint density at radius 2 is 0.600 bits per heavy atom. The Morgan fingerprint density at radius 1 is 0.291 bits per heavy atom. The molecule has 0 unspecified atom stereocenters. The van der Waals surface area contributed by atoms with E-state index < -0.39 is 12.7 Å². The van der Waals surface area contributed by atoms with E-state index in [9.17, 15) is 0 Å². The van der Waals surface area contributed by atoms with Crippen LogP contribution < -0.4 is 18.3 Å². The first-order chi connectivity index (χ1) is 55.0. The van der Waals surface area contributed by atoms with Crippen LogP contribution in [0.4, 0.5) is 0 Å². The number of fused-ring (bicyclic) bond motifs is 16. The van der Waals surface area contributed by atoms with Gasteiger partial charge in [-0.15, -0.1) is 0 Å². The number of hydrogen-bond donors (Lipinski definition) is 0. The van der Waals surface area contributed by atoms with Crippen molar-refractivity contribution >= 4 is 131 Å². The van der Waals surface area contributed by atoms with E-state index in [4.69, 9.17) is 23.2 Å². The van der Waals surface area contributed by atoms with Gasteiger partial charge in [-0.3, -0.25) is 0 Å². The summed E-state index contributed by atoms with van der Waals surface area (Å²) in [5, 5.41) is 18.8. The van der Waals surface area contributed by atoms with Crippen LogP contribution in [-0.4, -0.2) is 0 Å². The van der Waals surface area contributed by atoms with Crippen molar-refractivity contribution in [1.29, 1.82) is 0 Å². The fourth-order valence-corrected chi connectivity index (χ4v) is 16.7. The lowest BCUT2D eigenvalue weighted by molar-refractivity contribution is -0.660. The number of rotatable bonds is 7. The highest BCUT2D eigenvalue weighted by atomic mass is 16.3. The standard InChI is InChI=1S/C30H30NO.C25H22NO.C24H20NO.C23H18NO/c1-20-14-26-27-17-23-10-6-7-11-24(23)18-29(27)32-30(26)19-25(20)28-16-22(12-13-31(28)2)15-21-8-4-3-5-9-21;1-4-17-9-10-26(3)23(12-17)20-15-22-21-13-18-7-5-6-8-19(18)14-25(21)27-24(22)11-16(20)2;1-15-8-9-25(3)22(10-15)19-14-21-20-12-17-6-4-5-7-18(17)13-24(20)26-23(21)11-16(19)2;1-15-11-22-20(14-18(15)21-9-5-6-10-24(21)2)19-12-16-7-3-4-8-17(16)13-23(19)25-22/h6-7,10-14,16-19,21H,3-5,8-9,15H2,1-2H3;5-15H,4H2,1-3H3;4-14H,1-3H3;3-14H,1-2H3/q4*+1/i15D2;4D2;;. The normalized spacial score (nSPS) is 13.5. The maximum atomic E-state index is 8.96. The van der Waals surface area contributed by atoms with Gasteiger partial charge in [0.1, 0.15) is 72.9 Å². The average Bonchev–Trinajstić information content (AvgIpc) is 1.37. The maximum Gasteiger partial charge on any atom is 0.212 e. The average molecular weight is 1440 g/mol. The second-order valence-corrected chi connectivity index (χ2v) is 30.3. The van der Waals surface area contributed by atoms with Crippen LogP contribution in [0.5, 0.6) is 0 Å². The lowest BCUT2D eigenvalue weighted by Gasteiger charge is -2.21. The molecule has 20 aromatic rings. The van der Waals surface area contributed by atoms with Gasteiger partial charge in [-0.2, -0.15) is 0 Å². The third-order valence-electron chi connectivity index (χ3n) is 22.8. The van der Waals surface area contributed by atoms with E-state index in [0.29, 0.717) is 5.56 Å². The molecule has 12 aromatic carbocycles. The first kappa shape index (κ1) is 64.6. The summed E-state index contributed by atoms with van der Waals surface area (Å²) >= 11 is 0. The number of nitrogens with zero attached hydrogens (tertiary/aromatic N) is 4. The van der Waals surface area contributed by atoms with Crippen molar-refractivity contribution in [2.75, 3.05) is 0 Å². The van der Waals surface area contributed by atoms with Crippen molar-refractivity contribution in [1.82, 2.24) is 0 Å². The molecule has 21 rings (SSSR count). The first-order valence-electron chi connectivity index (χ1n) is 40.4. The van der Waals surface area contributed by atoms with E-state index in [1.807, 2.05) is 55.3 Å². The molecule has 0 amide bonds. The molecule has 0 spiro atoms. The Labute approximate surface area is 646 Å². The zero-order valence-corrected chi connectivity index (χ0v) is 64.0. The van der Waals surface area contributed by atoms with E-state index in [1.165, 1.54) is 110 Å². The summed E-state index contributed by atoms with van der Waals surface area (Å²) in [6.07, 6.45) is 10.9. The molecule has 0 aliphatic heterocycles. The largest absolute Gasteiger partial charge is 0.456 e. The van der Waals surface area contributed by atoms with E-state index in [0.717, 1.165) is 131 Å². The van der Waals surface area contributed by atoms with Crippen molar-refractivity contribution in [2.45, 2.75) is 86.4 Å². The van der Waals surface area contributed by atoms with Crippen LogP contribution >= 0.6 is 0 Å². The van der Waals surface area contributed by atoms with Gasteiger partial charge in [-0.1, -0.05) is 136 Å². The van der Waals surface area contributed by atoms with Crippen LogP contribution in [0.3, 0.4) is 0 Å². The van der Waals surface area contributed by atoms with E-state index in [-0.39, 0.29) is 5.92 Å². The fraction of sp³-hybridized carbons (Fsp3) is 0.176. The Morgan fingerprint density at radius 3 is 1.02 bits per heavy atom. The van der Waals surface area contributed by atoms with Gasteiger partial charge >= 0.3 is 0 Å². The van der Waals surface area contributed by atoms with Gasteiger partial charge in [0, 0.05) is 114 Å². The zero-order valence-electron chi connectivity index (χ0n) is 68.0. The van der Waals surface area contributed by atoms with Gasteiger partial charge < -0.3 is 17.7 Å². The quantitative estimate of drug-likeness (QED) is 0.149. The SMILES string of the molecule is Cc1cc2oc3cc4ccccc4cc3c2cc1-c1cccc[n+]1C.Cc1cc[n+](C)c(-c2cc3c(cc2C)oc2cc4ccccc4cc23)c1.[2H]C([2H])(C)c1cc[n+](C)c(-c2cc3c(cc2C)oc2cc4ccccc4cc23)c1.[2H]C([2H])(c1cc[n+](C)c(-c2cc3oc4cc5ccccc5cc4c3cc2C)c1)C1CCCCC1. The predicted octanol–water partition coefficient (Wildman–Crippen LogP) is 25.2. The number of furan rings is 4.